The Labute approximate surface area is 70.6 Å². The van der Waals surface area contributed by atoms with Crippen LogP contribution in [0.3, 0.4) is 0 Å². The molecule has 1 rings (SSSR count). The van der Waals surface area contributed by atoms with E-state index in [1.54, 1.807) is 6.07 Å². The van der Waals surface area contributed by atoms with E-state index in [-0.39, 0.29) is 12.2 Å². The van der Waals surface area contributed by atoms with E-state index in [0.29, 0.717) is 11.3 Å². The summed E-state index contributed by atoms with van der Waals surface area (Å²) < 4.78 is 26.5. The maximum atomic E-state index is 8.92. The van der Waals surface area contributed by atoms with Gasteiger partial charge in [0, 0.05) is 9.68 Å². The molecule has 2 heteroatoms. The van der Waals surface area contributed by atoms with Gasteiger partial charge in [0.15, 0.2) is 0 Å². The first-order valence-corrected chi connectivity index (χ1v) is 3.27. The van der Waals surface area contributed by atoms with Gasteiger partial charge in [-0.1, -0.05) is 12.1 Å². The number of hydrogen-bond donors (Lipinski definition) is 1. The molecule has 0 aliphatic heterocycles. The standard InChI is InChI=1S/C9H12O2/c1-7-3-4-8(6-10)9(5-7)11-2/h3-5,10H,6H2,1-2H3/i1D3. The highest BCUT2D eigenvalue weighted by atomic mass is 16.5. The summed E-state index contributed by atoms with van der Waals surface area (Å²) in [5.74, 6) is 0.404. The number of aliphatic hydroxyl groups is 1. The number of benzene rings is 1. The minimum Gasteiger partial charge on any atom is -0.496 e. The van der Waals surface area contributed by atoms with Crippen LogP contribution in [0.1, 0.15) is 15.2 Å². The van der Waals surface area contributed by atoms with E-state index >= 15 is 0 Å². The van der Waals surface area contributed by atoms with Gasteiger partial charge in [-0.05, 0) is 18.5 Å². The fourth-order valence-electron chi connectivity index (χ4n) is 0.875. The summed E-state index contributed by atoms with van der Waals surface area (Å²) in [5, 5.41) is 8.92. The summed E-state index contributed by atoms with van der Waals surface area (Å²) in [6.45, 7) is -2.30. The zero-order valence-electron chi connectivity index (χ0n) is 9.29. The van der Waals surface area contributed by atoms with Gasteiger partial charge >= 0.3 is 0 Å². The first-order chi connectivity index (χ1) is 6.49. The van der Waals surface area contributed by atoms with Crippen LogP contribution in [0.2, 0.25) is 0 Å². The van der Waals surface area contributed by atoms with Crippen LogP contribution in [-0.2, 0) is 6.61 Å². The highest BCUT2D eigenvalue weighted by Crippen LogP contribution is 2.19. The van der Waals surface area contributed by atoms with Crippen LogP contribution in [0.15, 0.2) is 18.2 Å². The Balaban J connectivity index is 3.14. The van der Waals surface area contributed by atoms with Crippen LogP contribution in [0, 0.1) is 6.85 Å². The van der Waals surface area contributed by atoms with E-state index in [1.165, 1.54) is 19.2 Å². The summed E-state index contributed by atoms with van der Waals surface area (Å²) in [5.41, 5.74) is 0.798. The van der Waals surface area contributed by atoms with Crippen molar-refractivity contribution in [2.75, 3.05) is 7.11 Å². The summed E-state index contributed by atoms with van der Waals surface area (Å²) in [7, 11) is 1.44. The molecule has 2 nitrogen and oxygen atoms in total. The van der Waals surface area contributed by atoms with Gasteiger partial charge in [0.1, 0.15) is 5.75 Å². The van der Waals surface area contributed by atoms with Crippen LogP contribution < -0.4 is 4.74 Å². The number of aryl methyl sites for hydroxylation is 1. The van der Waals surface area contributed by atoms with Crippen molar-refractivity contribution in [3.8, 4) is 5.75 Å². The summed E-state index contributed by atoms with van der Waals surface area (Å²) >= 11 is 0. The minimum atomic E-state index is -2.14. The van der Waals surface area contributed by atoms with Crippen molar-refractivity contribution in [3.05, 3.63) is 29.3 Å². The molecule has 0 saturated carbocycles. The summed E-state index contributed by atoms with van der Waals surface area (Å²) in [6, 6.07) is 4.46. The second-order valence-corrected chi connectivity index (χ2v) is 2.18. The largest absolute Gasteiger partial charge is 0.496 e. The second-order valence-electron chi connectivity index (χ2n) is 2.18. The lowest BCUT2D eigenvalue weighted by Gasteiger charge is -2.05. The van der Waals surface area contributed by atoms with Gasteiger partial charge in [-0.15, -0.1) is 0 Å². The SMILES string of the molecule is [2H]C([2H])([2H])c1ccc(CO)c(OC)c1. The molecule has 0 aromatic heterocycles. The van der Waals surface area contributed by atoms with Crippen molar-refractivity contribution in [3.63, 3.8) is 0 Å². The molecule has 0 fully saturated rings. The third kappa shape index (κ3) is 1.71. The maximum absolute atomic E-state index is 8.92. The van der Waals surface area contributed by atoms with Crippen LogP contribution >= 0.6 is 0 Å². The molecule has 11 heavy (non-hydrogen) atoms. The number of ether oxygens (including phenoxy) is 1. The molecule has 0 heterocycles. The van der Waals surface area contributed by atoms with Crippen molar-refractivity contribution in [2.24, 2.45) is 0 Å². The van der Waals surface area contributed by atoms with Crippen LogP contribution in [0.4, 0.5) is 0 Å². The molecule has 1 aromatic carbocycles. The smallest absolute Gasteiger partial charge is 0.124 e. The Morgan fingerprint density at radius 3 is 3.00 bits per heavy atom. The molecule has 0 unspecified atom stereocenters. The highest BCUT2D eigenvalue weighted by molar-refractivity contribution is 5.36. The Bertz CT molecular complexity index is 320. The van der Waals surface area contributed by atoms with E-state index in [4.69, 9.17) is 14.0 Å². The van der Waals surface area contributed by atoms with Gasteiger partial charge < -0.3 is 9.84 Å². The lowest BCUT2D eigenvalue weighted by atomic mass is 10.1. The zero-order chi connectivity index (χ0) is 10.8. The molecule has 0 atom stereocenters. The van der Waals surface area contributed by atoms with Crippen molar-refractivity contribution in [1.29, 1.82) is 0 Å². The van der Waals surface area contributed by atoms with Crippen LogP contribution in [-0.4, -0.2) is 12.2 Å². The van der Waals surface area contributed by atoms with Gasteiger partial charge in [0.05, 0.1) is 13.7 Å². The van der Waals surface area contributed by atoms with Crippen molar-refractivity contribution in [2.45, 2.75) is 13.5 Å². The van der Waals surface area contributed by atoms with Crippen LogP contribution in [0.5, 0.6) is 5.75 Å². The van der Waals surface area contributed by atoms with Gasteiger partial charge in [-0.25, -0.2) is 0 Å². The quantitative estimate of drug-likeness (QED) is 0.701. The predicted octanol–water partition coefficient (Wildman–Crippen LogP) is 1.50. The number of rotatable bonds is 2. The average Bonchev–Trinajstić information content (AvgIpc) is 2.15. The first-order valence-electron chi connectivity index (χ1n) is 4.77. The Morgan fingerprint density at radius 2 is 2.45 bits per heavy atom. The Hall–Kier alpha value is -1.02. The van der Waals surface area contributed by atoms with Crippen LogP contribution in [0.25, 0.3) is 0 Å². The summed E-state index contributed by atoms with van der Waals surface area (Å²) in [6.07, 6.45) is 0. The van der Waals surface area contributed by atoms with Crippen molar-refractivity contribution in [1.82, 2.24) is 0 Å². The van der Waals surface area contributed by atoms with Crippen molar-refractivity contribution < 1.29 is 14.0 Å². The van der Waals surface area contributed by atoms with Gasteiger partial charge in [-0.2, -0.15) is 0 Å². The lowest BCUT2D eigenvalue weighted by Crippen LogP contribution is -1.91. The maximum Gasteiger partial charge on any atom is 0.124 e. The molecular weight excluding hydrogens is 140 g/mol. The predicted molar refractivity (Wildman–Crippen MR) is 43.7 cm³/mol. The number of methoxy groups -OCH3 is 1. The van der Waals surface area contributed by atoms with Gasteiger partial charge in [0.2, 0.25) is 0 Å². The third-order valence-corrected chi connectivity index (χ3v) is 1.46. The van der Waals surface area contributed by atoms with E-state index in [0.717, 1.165) is 0 Å². The fraction of sp³-hybridized carbons (Fsp3) is 0.333. The highest BCUT2D eigenvalue weighted by Gasteiger charge is 1.99. The molecule has 60 valence electrons. The molecule has 0 aliphatic rings. The molecule has 1 aromatic rings. The molecule has 0 aliphatic carbocycles. The second kappa shape index (κ2) is 3.39. The molecule has 0 saturated heterocycles. The molecule has 0 amide bonds. The monoisotopic (exact) mass is 155 g/mol. The first kappa shape index (κ1) is 4.78. The van der Waals surface area contributed by atoms with Crippen molar-refractivity contribution >= 4 is 0 Å². The third-order valence-electron chi connectivity index (χ3n) is 1.46. The van der Waals surface area contributed by atoms with Gasteiger partial charge in [0.25, 0.3) is 0 Å². The Kier molecular flexibility index (Phi) is 1.47. The molecular formula is C9H12O2. The normalized spacial score (nSPS) is 14.9. The lowest BCUT2D eigenvalue weighted by molar-refractivity contribution is 0.273. The molecule has 0 bridgehead atoms. The average molecular weight is 155 g/mol. The topological polar surface area (TPSA) is 29.5 Å². The van der Waals surface area contributed by atoms with E-state index in [9.17, 15) is 0 Å². The van der Waals surface area contributed by atoms with E-state index < -0.39 is 6.85 Å². The molecule has 0 spiro atoms. The zero-order valence-corrected chi connectivity index (χ0v) is 6.29. The molecule has 1 N–H and O–H groups in total. The number of hydrogen-bond acceptors (Lipinski definition) is 2. The number of aliphatic hydroxyl groups excluding tert-OH is 1. The van der Waals surface area contributed by atoms with E-state index in [1.807, 2.05) is 0 Å². The van der Waals surface area contributed by atoms with E-state index in [2.05, 4.69) is 0 Å². The molecule has 0 radical (unpaired) electrons. The fourth-order valence-corrected chi connectivity index (χ4v) is 0.875. The summed E-state index contributed by atoms with van der Waals surface area (Å²) in [4.78, 5) is 0. The Morgan fingerprint density at radius 1 is 1.64 bits per heavy atom. The minimum absolute atomic E-state index is 0.162. The van der Waals surface area contributed by atoms with Gasteiger partial charge in [-0.3, -0.25) is 0 Å².